The first-order valence-corrected chi connectivity index (χ1v) is 6.90. The van der Waals surface area contributed by atoms with Crippen LogP contribution in [0, 0.1) is 6.92 Å². The largest absolute Gasteiger partial charge is 0.440 e. The maximum absolute atomic E-state index is 5.98. The van der Waals surface area contributed by atoms with Gasteiger partial charge in [0, 0.05) is 16.7 Å². The number of benzene rings is 1. The van der Waals surface area contributed by atoms with Crippen molar-refractivity contribution in [1.29, 1.82) is 0 Å². The average molecular weight is 271 g/mol. The summed E-state index contributed by atoms with van der Waals surface area (Å²) in [5.41, 5.74) is 8.78. The Balaban J connectivity index is 1.86. The Morgan fingerprint density at radius 2 is 2.11 bits per heavy atom. The van der Waals surface area contributed by atoms with Gasteiger partial charge in [-0.2, -0.15) is 0 Å². The van der Waals surface area contributed by atoms with Crippen LogP contribution in [0.4, 0.5) is 5.82 Å². The summed E-state index contributed by atoms with van der Waals surface area (Å²) in [6, 6.07) is 10.0. The Kier molecular flexibility index (Phi) is 3.13. The average Bonchev–Trinajstić information content (AvgIpc) is 2.82. The van der Waals surface area contributed by atoms with Crippen molar-refractivity contribution in [2.45, 2.75) is 17.9 Å². The van der Waals surface area contributed by atoms with Crippen LogP contribution < -0.4 is 5.73 Å². The Hall–Kier alpha value is -2.01. The fraction of sp³-hybridized carbons (Fsp3) is 0.143. The number of nitrogens with zero attached hydrogens (tertiary/aromatic N) is 2. The molecule has 2 heterocycles. The summed E-state index contributed by atoms with van der Waals surface area (Å²) in [7, 11) is 0. The number of rotatable bonds is 3. The molecule has 2 N–H and O–H groups in total. The number of aryl methyl sites for hydroxylation is 1. The Labute approximate surface area is 115 Å². The molecular weight excluding hydrogens is 258 g/mol. The first-order chi connectivity index (χ1) is 9.22. The number of oxazole rings is 1. The topological polar surface area (TPSA) is 64.9 Å². The van der Waals surface area contributed by atoms with Crippen LogP contribution in [0.15, 0.2) is 46.2 Å². The summed E-state index contributed by atoms with van der Waals surface area (Å²) in [6.45, 7) is 1.90. The van der Waals surface area contributed by atoms with Gasteiger partial charge in [-0.25, -0.2) is 9.97 Å². The second-order valence-electron chi connectivity index (χ2n) is 4.27. The number of pyridine rings is 1. The van der Waals surface area contributed by atoms with Crippen molar-refractivity contribution < 1.29 is 4.42 Å². The van der Waals surface area contributed by atoms with Gasteiger partial charge < -0.3 is 10.2 Å². The molecule has 0 amide bonds. The third-order valence-electron chi connectivity index (χ3n) is 2.79. The fourth-order valence-corrected chi connectivity index (χ4v) is 2.66. The van der Waals surface area contributed by atoms with Gasteiger partial charge in [0.1, 0.15) is 12.1 Å². The highest BCUT2D eigenvalue weighted by Crippen LogP contribution is 2.26. The smallest absolute Gasteiger partial charge is 0.256 e. The lowest BCUT2D eigenvalue weighted by Gasteiger charge is -2.05. The molecule has 5 heteroatoms. The van der Waals surface area contributed by atoms with Gasteiger partial charge in [-0.3, -0.25) is 0 Å². The number of anilines is 1. The maximum Gasteiger partial charge on any atom is 0.256 e. The highest BCUT2D eigenvalue weighted by Gasteiger charge is 2.07. The number of hydrogen-bond donors (Lipinski definition) is 1. The van der Waals surface area contributed by atoms with Crippen molar-refractivity contribution >= 4 is 28.5 Å². The number of para-hydroxylation sites is 1. The first kappa shape index (κ1) is 12.0. The number of thioether (sulfide) groups is 1. The minimum absolute atomic E-state index is 0.564. The summed E-state index contributed by atoms with van der Waals surface area (Å²) in [5, 5.41) is 1.75. The number of aromatic nitrogens is 2. The summed E-state index contributed by atoms with van der Waals surface area (Å²) in [5.74, 6) is 1.26. The van der Waals surface area contributed by atoms with Gasteiger partial charge in [-0.05, 0) is 19.1 Å². The Morgan fingerprint density at radius 1 is 1.26 bits per heavy atom. The van der Waals surface area contributed by atoms with Crippen LogP contribution in [0.5, 0.6) is 0 Å². The predicted octanol–water partition coefficient (Wildman–Crippen LogP) is 3.41. The van der Waals surface area contributed by atoms with Crippen LogP contribution in [0.2, 0.25) is 0 Å². The van der Waals surface area contributed by atoms with Crippen LogP contribution in [-0.2, 0) is 5.75 Å². The molecule has 2 aromatic heterocycles. The lowest BCUT2D eigenvalue weighted by Crippen LogP contribution is -1.97. The van der Waals surface area contributed by atoms with E-state index in [0.717, 1.165) is 22.2 Å². The van der Waals surface area contributed by atoms with Gasteiger partial charge in [-0.15, -0.1) is 0 Å². The molecule has 19 heavy (non-hydrogen) atoms. The van der Waals surface area contributed by atoms with Gasteiger partial charge >= 0.3 is 0 Å². The molecule has 96 valence electrons. The van der Waals surface area contributed by atoms with E-state index >= 15 is 0 Å². The van der Waals surface area contributed by atoms with Crippen molar-refractivity contribution in [3.05, 3.63) is 47.9 Å². The minimum Gasteiger partial charge on any atom is -0.440 e. The molecule has 1 aromatic carbocycles. The quantitative estimate of drug-likeness (QED) is 0.739. The molecule has 0 saturated heterocycles. The molecule has 3 aromatic rings. The van der Waals surface area contributed by atoms with Crippen molar-refractivity contribution in [3.8, 4) is 0 Å². The molecular formula is C14H13N3OS. The molecule has 0 saturated carbocycles. The van der Waals surface area contributed by atoms with Crippen molar-refractivity contribution in [2.75, 3.05) is 5.73 Å². The van der Waals surface area contributed by atoms with Crippen molar-refractivity contribution in [3.63, 3.8) is 0 Å². The van der Waals surface area contributed by atoms with Gasteiger partial charge in [-0.1, -0.05) is 30.0 Å². The summed E-state index contributed by atoms with van der Waals surface area (Å²) in [6.07, 6.45) is 1.64. The summed E-state index contributed by atoms with van der Waals surface area (Å²) in [4.78, 5) is 8.66. The monoisotopic (exact) mass is 271 g/mol. The fourth-order valence-electron chi connectivity index (χ4n) is 1.83. The van der Waals surface area contributed by atoms with Crippen LogP contribution in [0.25, 0.3) is 10.9 Å². The predicted molar refractivity (Wildman–Crippen MR) is 77.0 cm³/mol. The normalized spacial score (nSPS) is 11.0. The third kappa shape index (κ3) is 2.56. The third-order valence-corrected chi connectivity index (χ3v) is 3.68. The standard InChI is InChI=1S/C14H13N3OS/c1-9-7-18-14(16-9)19-8-11-6-10-4-2-3-5-12(10)17-13(11)15/h2-7H,8H2,1H3,(H2,15,17). The van der Waals surface area contributed by atoms with Gasteiger partial charge in [0.2, 0.25) is 0 Å². The number of hydrogen-bond acceptors (Lipinski definition) is 5. The molecule has 4 nitrogen and oxygen atoms in total. The van der Waals surface area contributed by atoms with E-state index in [2.05, 4.69) is 16.0 Å². The molecule has 3 rings (SSSR count). The van der Waals surface area contributed by atoms with E-state index in [4.69, 9.17) is 10.2 Å². The second kappa shape index (κ2) is 4.93. The Bertz CT molecular complexity index is 724. The van der Waals surface area contributed by atoms with Crippen LogP contribution in [0.3, 0.4) is 0 Å². The van der Waals surface area contributed by atoms with Gasteiger partial charge in [0.05, 0.1) is 11.2 Å². The zero-order valence-corrected chi connectivity index (χ0v) is 11.3. The van der Waals surface area contributed by atoms with E-state index < -0.39 is 0 Å². The molecule has 0 bridgehead atoms. The molecule has 0 unspecified atom stereocenters. The SMILES string of the molecule is Cc1coc(SCc2cc3ccccc3nc2N)n1. The summed E-state index contributed by atoms with van der Waals surface area (Å²) >= 11 is 1.52. The number of fused-ring (bicyclic) bond motifs is 1. The zero-order valence-electron chi connectivity index (χ0n) is 10.5. The van der Waals surface area contributed by atoms with Crippen LogP contribution in [0.1, 0.15) is 11.3 Å². The molecule has 0 aliphatic heterocycles. The molecule has 0 spiro atoms. The van der Waals surface area contributed by atoms with E-state index in [9.17, 15) is 0 Å². The molecule has 0 atom stereocenters. The highest BCUT2D eigenvalue weighted by molar-refractivity contribution is 7.98. The van der Waals surface area contributed by atoms with E-state index in [-0.39, 0.29) is 0 Å². The van der Waals surface area contributed by atoms with Crippen molar-refractivity contribution in [2.24, 2.45) is 0 Å². The minimum atomic E-state index is 0.564. The van der Waals surface area contributed by atoms with Gasteiger partial charge in [0.15, 0.2) is 0 Å². The van der Waals surface area contributed by atoms with E-state index in [1.165, 1.54) is 11.8 Å². The summed E-state index contributed by atoms with van der Waals surface area (Å²) < 4.78 is 5.30. The number of nitrogens with two attached hydrogens (primary N) is 1. The Morgan fingerprint density at radius 3 is 2.89 bits per heavy atom. The molecule has 0 fully saturated rings. The molecule has 0 aliphatic rings. The highest BCUT2D eigenvalue weighted by atomic mass is 32.2. The first-order valence-electron chi connectivity index (χ1n) is 5.91. The molecule has 0 aliphatic carbocycles. The van der Waals surface area contributed by atoms with Crippen molar-refractivity contribution in [1.82, 2.24) is 9.97 Å². The number of nitrogen functional groups attached to an aromatic ring is 1. The lowest BCUT2D eigenvalue weighted by molar-refractivity contribution is 0.454. The van der Waals surface area contributed by atoms with E-state index in [1.54, 1.807) is 6.26 Å². The molecule has 0 radical (unpaired) electrons. The zero-order chi connectivity index (χ0) is 13.2. The maximum atomic E-state index is 5.98. The van der Waals surface area contributed by atoms with Gasteiger partial charge in [0.25, 0.3) is 5.22 Å². The van der Waals surface area contributed by atoms with E-state index in [1.807, 2.05) is 31.2 Å². The van der Waals surface area contributed by atoms with Crippen LogP contribution in [-0.4, -0.2) is 9.97 Å². The lowest BCUT2D eigenvalue weighted by atomic mass is 10.1. The second-order valence-corrected chi connectivity index (χ2v) is 5.20. The van der Waals surface area contributed by atoms with E-state index in [0.29, 0.717) is 16.8 Å². The van der Waals surface area contributed by atoms with Crippen LogP contribution >= 0.6 is 11.8 Å².